The van der Waals surface area contributed by atoms with E-state index < -0.39 is 0 Å². The summed E-state index contributed by atoms with van der Waals surface area (Å²) in [4.78, 5) is 0. The molecule has 0 aliphatic carbocycles. The first-order valence-corrected chi connectivity index (χ1v) is 8.19. The Morgan fingerprint density at radius 1 is 1.16 bits per heavy atom. The molecule has 0 aromatic heterocycles. The minimum atomic E-state index is -0.00801. The summed E-state index contributed by atoms with van der Waals surface area (Å²) in [7, 11) is 0. The van der Waals surface area contributed by atoms with Crippen LogP contribution >= 0.6 is 0 Å². The molecule has 0 saturated carbocycles. The van der Waals surface area contributed by atoms with Gasteiger partial charge >= 0.3 is 0 Å². The van der Waals surface area contributed by atoms with Crippen LogP contribution in [0.5, 0.6) is 0 Å². The Morgan fingerprint density at radius 3 is 2.26 bits per heavy atom. The van der Waals surface area contributed by atoms with Gasteiger partial charge in [-0.15, -0.1) is 0 Å². The van der Waals surface area contributed by atoms with Crippen molar-refractivity contribution in [2.24, 2.45) is 5.92 Å². The van der Waals surface area contributed by atoms with Gasteiger partial charge in [0, 0.05) is 25.9 Å². The molecule has 1 atom stereocenters. The first-order valence-electron chi connectivity index (χ1n) is 8.19. The van der Waals surface area contributed by atoms with Gasteiger partial charge in [0.05, 0.1) is 5.60 Å². The average Bonchev–Trinajstić information content (AvgIpc) is 2.47. The van der Waals surface area contributed by atoms with Crippen LogP contribution in [0.4, 0.5) is 0 Å². The number of hydrogen-bond acceptors (Lipinski definition) is 3. The fourth-order valence-corrected chi connectivity index (χ4v) is 3.40. The third-order valence-corrected chi connectivity index (χ3v) is 4.55. The van der Waals surface area contributed by atoms with Gasteiger partial charge < -0.3 is 14.8 Å². The minimum Gasteiger partial charge on any atom is -0.381 e. The maximum Gasteiger partial charge on any atom is 0.0832 e. The number of ether oxygens (including phenoxy) is 2. The number of rotatable bonds is 9. The van der Waals surface area contributed by atoms with Gasteiger partial charge in [0.25, 0.3) is 0 Å². The van der Waals surface area contributed by atoms with E-state index in [2.05, 4.69) is 33.0 Å². The minimum absolute atomic E-state index is 0.00801. The van der Waals surface area contributed by atoms with E-state index in [1.807, 2.05) is 0 Å². The van der Waals surface area contributed by atoms with Crippen LogP contribution in [0.15, 0.2) is 0 Å². The summed E-state index contributed by atoms with van der Waals surface area (Å²) in [6.45, 7) is 12.6. The standard InChI is InChI=1S/C16H33NO2/c1-5-11-17-15(14-9-12-18-13-10-14)16(6-2,7-3)19-8-4/h14-15,17H,5-13H2,1-4H3. The van der Waals surface area contributed by atoms with Crippen LogP contribution < -0.4 is 5.32 Å². The first-order chi connectivity index (χ1) is 9.24. The Hall–Kier alpha value is -0.120. The zero-order chi connectivity index (χ0) is 14.1. The molecule has 3 nitrogen and oxygen atoms in total. The lowest BCUT2D eigenvalue weighted by Crippen LogP contribution is -2.57. The molecule has 0 bridgehead atoms. The van der Waals surface area contributed by atoms with E-state index in [1.165, 1.54) is 6.42 Å². The summed E-state index contributed by atoms with van der Waals surface area (Å²) >= 11 is 0. The average molecular weight is 271 g/mol. The highest BCUT2D eigenvalue weighted by Gasteiger charge is 2.41. The Kier molecular flexibility index (Phi) is 7.96. The molecule has 1 aliphatic rings. The molecule has 1 fully saturated rings. The maximum absolute atomic E-state index is 6.24. The highest BCUT2D eigenvalue weighted by molar-refractivity contribution is 4.96. The van der Waals surface area contributed by atoms with Gasteiger partial charge in [-0.3, -0.25) is 0 Å². The molecule has 1 heterocycles. The normalized spacial score (nSPS) is 19.6. The van der Waals surface area contributed by atoms with Gasteiger partial charge in [0.2, 0.25) is 0 Å². The monoisotopic (exact) mass is 271 g/mol. The van der Waals surface area contributed by atoms with Gasteiger partial charge in [0.1, 0.15) is 0 Å². The SMILES string of the molecule is CCCNC(C1CCOCC1)C(CC)(CC)OCC. The van der Waals surface area contributed by atoms with E-state index in [9.17, 15) is 0 Å². The smallest absolute Gasteiger partial charge is 0.0832 e. The van der Waals surface area contributed by atoms with Gasteiger partial charge in [-0.2, -0.15) is 0 Å². The van der Waals surface area contributed by atoms with Crippen LogP contribution in [0, 0.1) is 5.92 Å². The molecule has 1 N–H and O–H groups in total. The molecule has 3 heteroatoms. The largest absolute Gasteiger partial charge is 0.381 e. The van der Waals surface area contributed by atoms with Crippen molar-refractivity contribution in [2.45, 2.75) is 71.4 Å². The maximum atomic E-state index is 6.24. The molecule has 1 saturated heterocycles. The lowest BCUT2D eigenvalue weighted by molar-refractivity contribution is -0.0963. The molecule has 1 unspecified atom stereocenters. The molecule has 0 aromatic rings. The molecule has 1 aliphatic heterocycles. The predicted molar refractivity (Wildman–Crippen MR) is 80.6 cm³/mol. The van der Waals surface area contributed by atoms with Gasteiger partial charge in [0.15, 0.2) is 0 Å². The molecule has 0 radical (unpaired) electrons. The molecule has 0 aromatic carbocycles. The lowest BCUT2D eigenvalue weighted by Gasteiger charge is -2.45. The molecule has 0 spiro atoms. The van der Waals surface area contributed by atoms with E-state index in [-0.39, 0.29) is 5.60 Å². The Labute approximate surface area is 119 Å². The fraction of sp³-hybridized carbons (Fsp3) is 1.00. The summed E-state index contributed by atoms with van der Waals surface area (Å²) < 4.78 is 11.8. The second kappa shape index (κ2) is 8.93. The molecule has 1 rings (SSSR count). The van der Waals surface area contributed by atoms with Crippen molar-refractivity contribution in [3.05, 3.63) is 0 Å². The van der Waals surface area contributed by atoms with Crippen LogP contribution in [0.3, 0.4) is 0 Å². The van der Waals surface area contributed by atoms with Gasteiger partial charge in [-0.1, -0.05) is 20.8 Å². The van der Waals surface area contributed by atoms with Crippen molar-refractivity contribution in [1.29, 1.82) is 0 Å². The van der Waals surface area contributed by atoms with Crippen molar-refractivity contribution in [3.63, 3.8) is 0 Å². The number of hydrogen-bond donors (Lipinski definition) is 1. The van der Waals surface area contributed by atoms with E-state index >= 15 is 0 Å². The van der Waals surface area contributed by atoms with Crippen molar-refractivity contribution in [1.82, 2.24) is 5.32 Å². The summed E-state index contributed by atoms with van der Waals surface area (Å²) in [6, 6.07) is 0.464. The second-order valence-corrected chi connectivity index (χ2v) is 5.59. The third-order valence-electron chi connectivity index (χ3n) is 4.55. The summed E-state index contributed by atoms with van der Waals surface area (Å²) in [5, 5.41) is 3.79. The highest BCUT2D eigenvalue weighted by Crippen LogP contribution is 2.33. The summed E-state index contributed by atoms with van der Waals surface area (Å²) in [5.41, 5.74) is -0.00801. The van der Waals surface area contributed by atoms with Crippen LogP contribution in [0.2, 0.25) is 0 Å². The van der Waals surface area contributed by atoms with Crippen LogP contribution in [-0.4, -0.2) is 38.0 Å². The van der Waals surface area contributed by atoms with Crippen LogP contribution in [0.1, 0.15) is 59.8 Å². The molecule has 114 valence electrons. The zero-order valence-electron chi connectivity index (χ0n) is 13.3. The van der Waals surface area contributed by atoms with E-state index in [0.717, 1.165) is 52.0 Å². The Morgan fingerprint density at radius 2 is 1.79 bits per heavy atom. The third kappa shape index (κ3) is 4.44. The molecule has 19 heavy (non-hydrogen) atoms. The van der Waals surface area contributed by atoms with Crippen LogP contribution in [-0.2, 0) is 9.47 Å². The van der Waals surface area contributed by atoms with Crippen LogP contribution in [0.25, 0.3) is 0 Å². The zero-order valence-corrected chi connectivity index (χ0v) is 13.3. The quantitative estimate of drug-likeness (QED) is 0.697. The second-order valence-electron chi connectivity index (χ2n) is 5.59. The van der Waals surface area contributed by atoms with Gasteiger partial charge in [-0.25, -0.2) is 0 Å². The Balaban J connectivity index is 2.83. The highest BCUT2D eigenvalue weighted by atomic mass is 16.5. The number of nitrogens with one attached hydrogen (secondary N) is 1. The van der Waals surface area contributed by atoms with Crippen molar-refractivity contribution < 1.29 is 9.47 Å². The van der Waals surface area contributed by atoms with E-state index in [0.29, 0.717) is 12.0 Å². The molecular formula is C16H33NO2. The summed E-state index contributed by atoms with van der Waals surface area (Å²) in [6.07, 6.45) is 5.66. The fourth-order valence-electron chi connectivity index (χ4n) is 3.40. The summed E-state index contributed by atoms with van der Waals surface area (Å²) in [5.74, 6) is 0.687. The molecule has 0 amide bonds. The van der Waals surface area contributed by atoms with Crippen molar-refractivity contribution in [2.75, 3.05) is 26.4 Å². The predicted octanol–water partition coefficient (Wildman–Crippen LogP) is 3.38. The topological polar surface area (TPSA) is 30.5 Å². The first kappa shape index (κ1) is 16.9. The van der Waals surface area contributed by atoms with Crippen molar-refractivity contribution in [3.8, 4) is 0 Å². The van der Waals surface area contributed by atoms with E-state index in [4.69, 9.17) is 9.47 Å². The Bertz CT molecular complexity index is 223. The van der Waals surface area contributed by atoms with Gasteiger partial charge in [-0.05, 0) is 51.5 Å². The lowest BCUT2D eigenvalue weighted by atomic mass is 9.77. The van der Waals surface area contributed by atoms with Crippen molar-refractivity contribution >= 4 is 0 Å². The van der Waals surface area contributed by atoms with E-state index in [1.54, 1.807) is 0 Å². The molecular weight excluding hydrogens is 238 g/mol.